The van der Waals surface area contributed by atoms with Crippen LogP contribution in [0.25, 0.3) is 0 Å². The van der Waals surface area contributed by atoms with Crippen LogP contribution >= 0.6 is 11.8 Å². The SMILES string of the molecule is COc1ccc(CCN2C(=O)C[C@H](C(=O)Nc3ccc(OC)cc3)SC2=Nc2ccc(F)cc2)cc1. The van der Waals surface area contributed by atoms with Crippen LogP contribution in [0.4, 0.5) is 15.8 Å². The molecule has 4 rings (SSSR count). The average molecular weight is 508 g/mol. The second kappa shape index (κ2) is 11.7. The van der Waals surface area contributed by atoms with Crippen molar-refractivity contribution >= 4 is 40.1 Å². The number of aliphatic imine (C=N–C) groups is 1. The van der Waals surface area contributed by atoms with Crippen molar-refractivity contribution in [3.8, 4) is 11.5 Å². The fourth-order valence-corrected chi connectivity index (χ4v) is 4.74. The molecule has 9 heteroatoms. The van der Waals surface area contributed by atoms with E-state index < -0.39 is 5.25 Å². The van der Waals surface area contributed by atoms with Gasteiger partial charge in [0.25, 0.3) is 0 Å². The number of rotatable bonds is 8. The number of nitrogens with one attached hydrogen (secondary N) is 1. The summed E-state index contributed by atoms with van der Waals surface area (Å²) in [6.45, 7) is 0.394. The molecule has 3 aromatic rings. The molecule has 1 heterocycles. The van der Waals surface area contributed by atoms with Gasteiger partial charge < -0.3 is 14.8 Å². The van der Waals surface area contributed by atoms with Gasteiger partial charge in [-0.25, -0.2) is 9.38 Å². The van der Waals surface area contributed by atoms with Gasteiger partial charge in [-0.05, 0) is 72.6 Å². The molecule has 1 fully saturated rings. The Labute approximate surface area is 213 Å². The first-order chi connectivity index (χ1) is 17.4. The largest absolute Gasteiger partial charge is 0.497 e. The minimum absolute atomic E-state index is 0.0394. The molecule has 0 saturated carbocycles. The molecule has 7 nitrogen and oxygen atoms in total. The van der Waals surface area contributed by atoms with Crippen molar-refractivity contribution in [2.24, 2.45) is 4.99 Å². The maximum atomic E-state index is 13.4. The Kier molecular flexibility index (Phi) is 8.22. The van der Waals surface area contributed by atoms with Crippen molar-refractivity contribution in [1.82, 2.24) is 4.90 Å². The standard InChI is InChI=1S/C27H26FN3O4S/c1-34-22-11-3-18(4-12-22)15-16-31-25(32)17-24(26(33)29-20-9-13-23(35-2)14-10-20)36-27(31)30-21-7-5-19(28)6-8-21/h3-14,24H,15-17H2,1-2H3,(H,29,33)/t24-/m1/s1. The molecule has 0 bridgehead atoms. The summed E-state index contributed by atoms with van der Waals surface area (Å²) in [5.41, 5.74) is 2.14. The third-order valence-electron chi connectivity index (χ3n) is 5.62. The summed E-state index contributed by atoms with van der Waals surface area (Å²) in [5.74, 6) is 0.571. The van der Waals surface area contributed by atoms with E-state index in [4.69, 9.17) is 9.47 Å². The van der Waals surface area contributed by atoms with E-state index in [9.17, 15) is 14.0 Å². The minimum atomic E-state index is -0.656. The van der Waals surface area contributed by atoms with E-state index in [1.807, 2.05) is 24.3 Å². The van der Waals surface area contributed by atoms with E-state index in [1.165, 1.54) is 36.0 Å². The Morgan fingerprint density at radius 2 is 1.61 bits per heavy atom. The van der Waals surface area contributed by atoms with Gasteiger partial charge in [0.2, 0.25) is 11.8 Å². The molecule has 0 aliphatic carbocycles. The smallest absolute Gasteiger partial charge is 0.238 e. The van der Waals surface area contributed by atoms with Gasteiger partial charge >= 0.3 is 0 Å². The summed E-state index contributed by atoms with van der Waals surface area (Å²) in [6, 6.07) is 20.3. The number of amidine groups is 1. The second-order valence-electron chi connectivity index (χ2n) is 8.04. The molecule has 0 spiro atoms. The summed E-state index contributed by atoms with van der Waals surface area (Å²) in [7, 11) is 3.18. The zero-order valence-corrected chi connectivity index (χ0v) is 20.8. The number of thioether (sulfide) groups is 1. The van der Waals surface area contributed by atoms with Crippen LogP contribution in [-0.2, 0) is 16.0 Å². The van der Waals surface area contributed by atoms with Crippen LogP contribution in [0.2, 0.25) is 0 Å². The van der Waals surface area contributed by atoms with E-state index in [1.54, 1.807) is 43.4 Å². The molecule has 0 aromatic heterocycles. The van der Waals surface area contributed by atoms with E-state index >= 15 is 0 Å². The zero-order chi connectivity index (χ0) is 25.5. The number of amides is 2. The number of methoxy groups -OCH3 is 2. The molecular formula is C27H26FN3O4S. The third-order valence-corrected chi connectivity index (χ3v) is 6.81. The zero-order valence-electron chi connectivity index (χ0n) is 19.9. The van der Waals surface area contributed by atoms with E-state index in [2.05, 4.69) is 10.3 Å². The van der Waals surface area contributed by atoms with Crippen molar-refractivity contribution in [2.45, 2.75) is 18.1 Å². The van der Waals surface area contributed by atoms with Gasteiger partial charge in [0, 0.05) is 18.7 Å². The van der Waals surface area contributed by atoms with E-state index in [-0.39, 0.29) is 24.1 Å². The summed E-state index contributed by atoms with van der Waals surface area (Å²) in [4.78, 5) is 32.4. The molecule has 1 aliphatic heterocycles. The molecular weight excluding hydrogens is 481 g/mol. The Bertz CT molecular complexity index is 1230. The van der Waals surface area contributed by atoms with Crippen LogP contribution in [0.15, 0.2) is 77.8 Å². The van der Waals surface area contributed by atoms with Crippen LogP contribution in [0.5, 0.6) is 11.5 Å². The highest BCUT2D eigenvalue weighted by Gasteiger charge is 2.35. The normalized spacial score (nSPS) is 16.6. The van der Waals surface area contributed by atoms with Crippen molar-refractivity contribution in [3.63, 3.8) is 0 Å². The predicted octanol–water partition coefficient (Wildman–Crippen LogP) is 5.05. The number of halogens is 1. The quantitative estimate of drug-likeness (QED) is 0.462. The maximum absolute atomic E-state index is 13.4. The van der Waals surface area contributed by atoms with Crippen molar-refractivity contribution < 1.29 is 23.5 Å². The monoisotopic (exact) mass is 507 g/mol. The Balaban J connectivity index is 1.52. The lowest BCUT2D eigenvalue weighted by molar-refractivity contribution is -0.129. The number of carbonyl (C=O) groups excluding carboxylic acids is 2. The Morgan fingerprint density at radius 1 is 1.00 bits per heavy atom. The topological polar surface area (TPSA) is 80.2 Å². The van der Waals surface area contributed by atoms with Crippen molar-refractivity contribution in [1.29, 1.82) is 0 Å². The maximum Gasteiger partial charge on any atom is 0.238 e. The van der Waals surface area contributed by atoms with E-state index in [0.29, 0.717) is 35.3 Å². The average Bonchev–Trinajstić information content (AvgIpc) is 2.90. The van der Waals surface area contributed by atoms with Crippen LogP contribution in [0, 0.1) is 5.82 Å². The van der Waals surface area contributed by atoms with Crippen LogP contribution in [0.1, 0.15) is 12.0 Å². The Morgan fingerprint density at radius 3 is 2.22 bits per heavy atom. The predicted molar refractivity (Wildman–Crippen MR) is 140 cm³/mol. The van der Waals surface area contributed by atoms with Gasteiger partial charge in [-0.2, -0.15) is 0 Å². The summed E-state index contributed by atoms with van der Waals surface area (Å²) < 4.78 is 23.8. The van der Waals surface area contributed by atoms with Crippen molar-refractivity contribution in [2.75, 3.05) is 26.1 Å². The number of hydrogen-bond donors (Lipinski definition) is 1. The first kappa shape index (κ1) is 25.2. The molecule has 1 saturated heterocycles. The van der Waals surface area contributed by atoms with Crippen molar-refractivity contribution in [3.05, 3.63) is 84.2 Å². The first-order valence-electron chi connectivity index (χ1n) is 11.3. The van der Waals surface area contributed by atoms with Crippen LogP contribution in [-0.4, -0.2) is 47.9 Å². The second-order valence-corrected chi connectivity index (χ2v) is 9.21. The lowest BCUT2D eigenvalue weighted by Crippen LogP contribution is -2.46. The number of ether oxygens (including phenoxy) is 2. The first-order valence-corrected chi connectivity index (χ1v) is 12.2. The summed E-state index contributed by atoms with van der Waals surface area (Å²) in [6.07, 6.45) is 0.638. The molecule has 3 aromatic carbocycles. The fourth-order valence-electron chi connectivity index (χ4n) is 3.62. The summed E-state index contributed by atoms with van der Waals surface area (Å²) >= 11 is 1.22. The highest BCUT2D eigenvalue weighted by molar-refractivity contribution is 8.15. The third kappa shape index (κ3) is 6.42. The lowest BCUT2D eigenvalue weighted by atomic mass is 10.1. The molecule has 1 atom stereocenters. The van der Waals surface area contributed by atoms with Gasteiger partial charge in [-0.15, -0.1) is 0 Å². The molecule has 36 heavy (non-hydrogen) atoms. The van der Waals surface area contributed by atoms with Gasteiger partial charge in [-0.1, -0.05) is 23.9 Å². The number of hydrogen-bond acceptors (Lipinski definition) is 6. The van der Waals surface area contributed by atoms with Crippen LogP contribution < -0.4 is 14.8 Å². The molecule has 1 aliphatic rings. The molecule has 1 N–H and O–H groups in total. The molecule has 186 valence electrons. The number of carbonyl (C=O) groups is 2. The van der Waals surface area contributed by atoms with Gasteiger partial charge in [0.1, 0.15) is 22.6 Å². The summed E-state index contributed by atoms with van der Waals surface area (Å²) in [5, 5.41) is 2.60. The van der Waals surface area contributed by atoms with Crippen LogP contribution in [0.3, 0.4) is 0 Å². The van der Waals surface area contributed by atoms with Gasteiger partial charge in [0.05, 0.1) is 19.9 Å². The highest BCUT2D eigenvalue weighted by Crippen LogP contribution is 2.30. The minimum Gasteiger partial charge on any atom is -0.497 e. The van der Waals surface area contributed by atoms with E-state index in [0.717, 1.165) is 11.3 Å². The number of anilines is 1. The number of benzene rings is 3. The highest BCUT2D eigenvalue weighted by atomic mass is 32.2. The van der Waals surface area contributed by atoms with Gasteiger partial charge in [0.15, 0.2) is 5.17 Å². The van der Waals surface area contributed by atoms with Gasteiger partial charge in [-0.3, -0.25) is 14.5 Å². The number of nitrogens with zero attached hydrogens (tertiary/aromatic N) is 2. The lowest BCUT2D eigenvalue weighted by Gasteiger charge is -2.32. The molecule has 0 radical (unpaired) electrons. The molecule has 0 unspecified atom stereocenters. The Hall–Kier alpha value is -3.85. The molecule has 2 amide bonds. The fraction of sp³-hybridized carbons (Fsp3) is 0.222.